The molecule has 25 heavy (non-hydrogen) atoms. The first kappa shape index (κ1) is 17.6. The topological polar surface area (TPSA) is 35.6 Å². The van der Waals surface area contributed by atoms with Crippen LogP contribution in [0.4, 0.5) is 5.69 Å². The summed E-state index contributed by atoms with van der Waals surface area (Å²) in [5.41, 5.74) is 4.47. The van der Waals surface area contributed by atoms with E-state index in [0.717, 1.165) is 24.3 Å². The van der Waals surface area contributed by atoms with Crippen molar-refractivity contribution >= 4 is 11.6 Å². The molecule has 1 N–H and O–H groups in total. The maximum atomic E-state index is 11.2. The average molecular weight is 337 g/mol. The van der Waals surface area contributed by atoms with Gasteiger partial charge in [-0.25, -0.2) is 0 Å². The molecule has 0 saturated carbocycles. The number of likely N-dealkylation sites (tertiary alicyclic amines) is 1. The van der Waals surface area contributed by atoms with Gasteiger partial charge in [0.25, 0.3) is 0 Å². The molecule has 2 aromatic rings. The highest BCUT2D eigenvalue weighted by Gasteiger charge is 2.23. The van der Waals surface area contributed by atoms with Gasteiger partial charge in [-0.15, -0.1) is 0 Å². The number of amides is 1. The van der Waals surface area contributed by atoms with Gasteiger partial charge in [0.1, 0.15) is 0 Å². The minimum absolute atomic E-state index is 0.0471. The summed E-state index contributed by atoms with van der Waals surface area (Å²) in [5.74, 6) is -0.0471. The van der Waals surface area contributed by atoms with Crippen molar-refractivity contribution in [3.05, 3.63) is 54.1 Å². The molecular formula is C21H27N3O. The van der Waals surface area contributed by atoms with Crippen LogP contribution in [0.5, 0.6) is 0 Å². The van der Waals surface area contributed by atoms with Crippen molar-refractivity contribution in [2.75, 3.05) is 32.5 Å². The second kappa shape index (κ2) is 7.81. The minimum Gasteiger partial charge on any atom is -0.326 e. The fraction of sp³-hybridized carbons (Fsp3) is 0.381. The van der Waals surface area contributed by atoms with Gasteiger partial charge in [0.05, 0.1) is 0 Å². The summed E-state index contributed by atoms with van der Waals surface area (Å²) in [6.45, 7) is 4.86. The molecule has 2 aromatic carbocycles. The highest BCUT2D eigenvalue weighted by Crippen LogP contribution is 2.24. The molecule has 0 unspecified atom stereocenters. The maximum absolute atomic E-state index is 11.2. The molecule has 0 bridgehead atoms. The Balaban J connectivity index is 1.65. The van der Waals surface area contributed by atoms with Crippen LogP contribution in [0.1, 0.15) is 18.9 Å². The molecule has 1 aliphatic heterocycles. The van der Waals surface area contributed by atoms with E-state index in [2.05, 4.69) is 59.5 Å². The van der Waals surface area contributed by atoms with Crippen LogP contribution in [0.2, 0.25) is 0 Å². The molecular weight excluding hydrogens is 310 g/mol. The Hall–Kier alpha value is -2.17. The summed E-state index contributed by atoms with van der Waals surface area (Å²) in [5, 5.41) is 2.84. The third-order valence-corrected chi connectivity index (χ3v) is 4.85. The van der Waals surface area contributed by atoms with Crippen molar-refractivity contribution in [2.45, 2.75) is 25.9 Å². The Morgan fingerprint density at radius 3 is 2.56 bits per heavy atom. The maximum Gasteiger partial charge on any atom is 0.221 e. The summed E-state index contributed by atoms with van der Waals surface area (Å²) in [7, 11) is 4.33. The Labute approximate surface area is 150 Å². The summed E-state index contributed by atoms with van der Waals surface area (Å²) in [6.07, 6.45) is 1.25. The molecule has 1 atom stereocenters. The van der Waals surface area contributed by atoms with E-state index in [1.807, 2.05) is 18.2 Å². The van der Waals surface area contributed by atoms with Gasteiger partial charge in [-0.1, -0.05) is 36.4 Å². The van der Waals surface area contributed by atoms with Crippen LogP contribution < -0.4 is 5.32 Å². The van der Waals surface area contributed by atoms with Gasteiger partial charge in [0, 0.05) is 38.3 Å². The van der Waals surface area contributed by atoms with E-state index in [0.29, 0.717) is 6.04 Å². The molecule has 3 rings (SSSR count). The van der Waals surface area contributed by atoms with E-state index >= 15 is 0 Å². The molecule has 0 radical (unpaired) electrons. The second-order valence-electron chi connectivity index (χ2n) is 7.10. The van der Waals surface area contributed by atoms with Crippen LogP contribution in [0, 0.1) is 0 Å². The molecule has 1 saturated heterocycles. The first-order chi connectivity index (χ1) is 12.0. The van der Waals surface area contributed by atoms with E-state index in [4.69, 9.17) is 0 Å². The second-order valence-corrected chi connectivity index (χ2v) is 7.10. The van der Waals surface area contributed by atoms with Crippen molar-refractivity contribution in [3.8, 4) is 11.1 Å². The summed E-state index contributed by atoms with van der Waals surface area (Å²) < 4.78 is 0. The van der Waals surface area contributed by atoms with Gasteiger partial charge in [-0.3, -0.25) is 9.69 Å². The average Bonchev–Trinajstić information content (AvgIpc) is 3.04. The number of carbonyl (C=O) groups is 1. The molecule has 1 amide bonds. The molecule has 0 aliphatic carbocycles. The first-order valence-electron chi connectivity index (χ1n) is 8.87. The summed E-state index contributed by atoms with van der Waals surface area (Å²) in [4.78, 5) is 16.1. The minimum atomic E-state index is -0.0471. The lowest BCUT2D eigenvalue weighted by Crippen LogP contribution is -2.31. The Morgan fingerprint density at radius 1 is 1.16 bits per heavy atom. The number of anilines is 1. The number of nitrogens with zero attached hydrogens (tertiary/aromatic N) is 2. The van der Waals surface area contributed by atoms with Crippen molar-refractivity contribution in [2.24, 2.45) is 0 Å². The third-order valence-electron chi connectivity index (χ3n) is 4.85. The smallest absolute Gasteiger partial charge is 0.221 e. The van der Waals surface area contributed by atoms with Crippen molar-refractivity contribution in [1.82, 2.24) is 9.80 Å². The third kappa shape index (κ3) is 4.68. The van der Waals surface area contributed by atoms with Crippen LogP contribution in [-0.2, 0) is 11.3 Å². The lowest BCUT2D eigenvalue weighted by molar-refractivity contribution is -0.114. The zero-order valence-electron chi connectivity index (χ0n) is 15.3. The summed E-state index contributed by atoms with van der Waals surface area (Å²) >= 11 is 0. The van der Waals surface area contributed by atoms with Gasteiger partial charge in [0.15, 0.2) is 0 Å². The highest BCUT2D eigenvalue weighted by molar-refractivity contribution is 5.89. The van der Waals surface area contributed by atoms with Gasteiger partial charge in [-0.2, -0.15) is 0 Å². The fourth-order valence-corrected chi connectivity index (χ4v) is 3.42. The predicted molar refractivity (Wildman–Crippen MR) is 104 cm³/mol. The van der Waals surface area contributed by atoms with Crippen molar-refractivity contribution < 1.29 is 4.79 Å². The fourth-order valence-electron chi connectivity index (χ4n) is 3.42. The molecule has 4 nitrogen and oxygen atoms in total. The van der Waals surface area contributed by atoms with Gasteiger partial charge in [-0.05, 0) is 49.3 Å². The molecule has 1 fully saturated rings. The standard InChI is InChI=1S/C21H27N3O/c1-16(25)22-20-6-4-5-19(13-20)18-9-7-17(8-10-18)14-24-12-11-21(15-24)23(2)3/h4-10,13,21H,11-12,14-15H2,1-3H3,(H,22,25)/t21-/m1/s1. The molecule has 1 heterocycles. The molecule has 1 aliphatic rings. The van der Waals surface area contributed by atoms with Crippen LogP contribution in [0.3, 0.4) is 0 Å². The van der Waals surface area contributed by atoms with Crippen molar-refractivity contribution in [3.63, 3.8) is 0 Å². The number of likely N-dealkylation sites (N-methyl/N-ethyl adjacent to an activating group) is 1. The van der Waals surface area contributed by atoms with Gasteiger partial charge < -0.3 is 10.2 Å². The van der Waals surface area contributed by atoms with Crippen LogP contribution in [0.25, 0.3) is 11.1 Å². The largest absolute Gasteiger partial charge is 0.326 e. The number of hydrogen-bond donors (Lipinski definition) is 1. The van der Waals surface area contributed by atoms with E-state index < -0.39 is 0 Å². The van der Waals surface area contributed by atoms with Crippen LogP contribution in [-0.4, -0.2) is 48.9 Å². The Bertz CT molecular complexity index is 724. The predicted octanol–water partition coefficient (Wildman–Crippen LogP) is 3.45. The van der Waals surface area contributed by atoms with Crippen LogP contribution in [0.15, 0.2) is 48.5 Å². The van der Waals surface area contributed by atoms with Gasteiger partial charge >= 0.3 is 0 Å². The van der Waals surface area contributed by atoms with Crippen molar-refractivity contribution in [1.29, 1.82) is 0 Å². The molecule has 132 valence electrons. The van der Waals surface area contributed by atoms with E-state index in [-0.39, 0.29) is 5.91 Å². The van der Waals surface area contributed by atoms with E-state index in [1.54, 1.807) is 0 Å². The SMILES string of the molecule is CC(=O)Nc1cccc(-c2ccc(CN3CC[C@@H](N(C)C)C3)cc2)c1. The van der Waals surface area contributed by atoms with E-state index in [9.17, 15) is 4.79 Å². The first-order valence-corrected chi connectivity index (χ1v) is 8.87. The lowest BCUT2D eigenvalue weighted by atomic mass is 10.0. The quantitative estimate of drug-likeness (QED) is 0.908. The monoisotopic (exact) mass is 337 g/mol. The normalized spacial score (nSPS) is 17.8. The molecule has 4 heteroatoms. The van der Waals surface area contributed by atoms with Crippen LogP contribution >= 0.6 is 0 Å². The lowest BCUT2D eigenvalue weighted by Gasteiger charge is -2.20. The zero-order valence-corrected chi connectivity index (χ0v) is 15.3. The van der Waals surface area contributed by atoms with E-state index in [1.165, 1.54) is 31.0 Å². The highest BCUT2D eigenvalue weighted by atomic mass is 16.1. The number of nitrogens with one attached hydrogen (secondary N) is 1. The molecule has 0 aromatic heterocycles. The molecule has 0 spiro atoms. The number of rotatable bonds is 5. The Morgan fingerprint density at radius 2 is 1.92 bits per heavy atom. The number of hydrogen-bond acceptors (Lipinski definition) is 3. The Kier molecular flexibility index (Phi) is 5.51. The number of carbonyl (C=O) groups excluding carboxylic acids is 1. The summed E-state index contributed by atoms with van der Waals surface area (Å²) in [6, 6.07) is 17.4. The zero-order chi connectivity index (χ0) is 17.8. The number of benzene rings is 2. The van der Waals surface area contributed by atoms with Gasteiger partial charge in [0.2, 0.25) is 5.91 Å².